The van der Waals surface area contributed by atoms with Gasteiger partial charge in [0.15, 0.2) is 0 Å². The maximum atomic E-state index is 5.63. The molecule has 2 rings (SSSR count). The molecule has 1 aliphatic heterocycles. The predicted molar refractivity (Wildman–Crippen MR) is 80.5 cm³/mol. The van der Waals surface area contributed by atoms with Crippen molar-refractivity contribution < 1.29 is 4.74 Å². The van der Waals surface area contributed by atoms with E-state index in [1.165, 1.54) is 30.4 Å². The van der Waals surface area contributed by atoms with Crippen molar-refractivity contribution in [3.05, 3.63) is 35.4 Å². The van der Waals surface area contributed by atoms with Crippen LogP contribution in [0.25, 0.3) is 0 Å². The molecule has 3 unspecified atom stereocenters. The minimum absolute atomic E-state index is 0.422. The van der Waals surface area contributed by atoms with Crippen molar-refractivity contribution in [2.45, 2.75) is 45.1 Å². The van der Waals surface area contributed by atoms with Gasteiger partial charge in [0.1, 0.15) is 0 Å². The Bertz CT molecular complexity index is 367. The first-order chi connectivity index (χ1) is 9.26. The highest BCUT2D eigenvalue weighted by molar-refractivity contribution is 5.27. The molecule has 0 radical (unpaired) electrons. The molecule has 1 fully saturated rings. The fourth-order valence-electron chi connectivity index (χ4n) is 2.97. The highest BCUT2D eigenvalue weighted by Gasteiger charge is 2.24. The summed E-state index contributed by atoms with van der Waals surface area (Å²) < 4.78 is 5.63. The van der Waals surface area contributed by atoms with Gasteiger partial charge in [0.05, 0.1) is 6.61 Å². The Kier molecular flexibility index (Phi) is 5.41. The first-order valence-electron chi connectivity index (χ1n) is 7.61. The monoisotopic (exact) mass is 261 g/mol. The summed E-state index contributed by atoms with van der Waals surface area (Å²) in [6.07, 6.45) is 3.65. The predicted octanol–water partition coefficient (Wildman–Crippen LogP) is 3.89. The second kappa shape index (κ2) is 7.06. The van der Waals surface area contributed by atoms with Crippen LogP contribution in [-0.2, 0) is 4.74 Å². The van der Waals surface area contributed by atoms with Crippen LogP contribution in [0.2, 0.25) is 0 Å². The topological polar surface area (TPSA) is 21.3 Å². The summed E-state index contributed by atoms with van der Waals surface area (Å²) in [5.74, 6) is 1.26. The average Bonchev–Trinajstić information content (AvgIpc) is 2.49. The van der Waals surface area contributed by atoms with E-state index >= 15 is 0 Å². The molecule has 1 aliphatic rings. The smallest absolute Gasteiger partial charge is 0.0512 e. The molecule has 0 aromatic heterocycles. The van der Waals surface area contributed by atoms with Crippen molar-refractivity contribution >= 4 is 0 Å². The van der Waals surface area contributed by atoms with Crippen LogP contribution < -0.4 is 5.32 Å². The van der Waals surface area contributed by atoms with Crippen molar-refractivity contribution in [2.75, 3.05) is 20.3 Å². The molecule has 1 aromatic carbocycles. The summed E-state index contributed by atoms with van der Waals surface area (Å²) in [5, 5.41) is 3.47. The average molecular weight is 261 g/mol. The van der Waals surface area contributed by atoms with Crippen LogP contribution in [0.1, 0.15) is 56.2 Å². The fraction of sp³-hybridized carbons (Fsp3) is 0.647. The van der Waals surface area contributed by atoms with Gasteiger partial charge in [0, 0.05) is 18.6 Å². The van der Waals surface area contributed by atoms with Gasteiger partial charge in [0.25, 0.3) is 0 Å². The van der Waals surface area contributed by atoms with E-state index in [9.17, 15) is 0 Å². The maximum Gasteiger partial charge on any atom is 0.0512 e. The third-order valence-corrected chi connectivity index (χ3v) is 4.45. The molecule has 0 aliphatic carbocycles. The Morgan fingerprint density at radius 2 is 1.95 bits per heavy atom. The molecule has 3 atom stereocenters. The van der Waals surface area contributed by atoms with Crippen LogP contribution in [0.5, 0.6) is 0 Å². The zero-order chi connectivity index (χ0) is 13.7. The SMILES string of the molecule is CCC(C)c1ccc(C(NC)C2CCCOC2)cc1. The number of hydrogen-bond acceptors (Lipinski definition) is 2. The third-order valence-electron chi connectivity index (χ3n) is 4.45. The largest absolute Gasteiger partial charge is 0.381 e. The fourth-order valence-corrected chi connectivity index (χ4v) is 2.97. The second-order valence-electron chi connectivity index (χ2n) is 5.72. The summed E-state index contributed by atoms with van der Waals surface area (Å²) in [6, 6.07) is 9.58. The Morgan fingerprint density at radius 3 is 2.47 bits per heavy atom. The lowest BCUT2D eigenvalue weighted by molar-refractivity contribution is 0.0402. The van der Waals surface area contributed by atoms with Crippen LogP contribution in [0.3, 0.4) is 0 Å². The van der Waals surface area contributed by atoms with Crippen molar-refractivity contribution in [3.63, 3.8) is 0 Å². The van der Waals surface area contributed by atoms with Gasteiger partial charge in [-0.25, -0.2) is 0 Å². The normalized spacial score (nSPS) is 23.0. The molecule has 0 spiro atoms. The lowest BCUT2D eigenvalue weighted by atomic mass is 9.87. The molecule has 0 amide bonds. The van der Waals surface area contributed by atoms with E-state index in [1.54, 1.807) is 0 Å². The van der Waals surface area contributed by atoms with Crippen LogP contribution >= 0.6 is 0 Å². The summed E-state index contributed by atoms with van der Waals surface area (Å²) in [4.78, 5) is 0. The van der Waals surface area contributed by atoms with Gasteiger partial charge in [-0.15, -0.1) is 0 Å². The standard InChI is InChI=1S/C17H27NO/c1-4-13(2)14-7-9-15(10-8-14)17(18-3)16-6-5-11-19-12-16/h7-10,13,16-18H,4-6,11-12H2,1-3H3. The number of ether oxygens (including phenoxy) is 1. The number of hydrogen-bond donors (Lipinski definition) is 1. The lowest BCUT2D eigenvalue weighted by Crippen LogP contribution is -2.31. The minimum Gasteiger partial charge on any atom is -0.381 e. The van der Waals surface area contributed by atoms with Crippen LogP contribution in [0.15, 0.2) is 24.3 Å². The van der Waals surface area contributed by atoms with Gasteiger partial charge in [0.2, 0.25) is 0 Å². The zero-order valence-corrected chi connectivity index (χ0v) is 12.5. The molecule has 106 valence electrons. The Hall–Kier alpha value is -0.860. The van der Waals surface area contributed by atoms with Gasteiger partial charge in [-0.2, -0.15) is 0 Å². The second-order valence-corrected chi connectivity index (χ2v) is 5.72. The quantitative estimate of drug-likeness (QED) is 0.868. The molecule has 1 heterocycles. The first-order valence-corrected chi connectivity index (χ1v) is 7.61. The van der Waals surface area contributed by atoms with Gasteiger partial charge in [-0.1, -0.05) is 38.1 Å². The van der Waals surface area contributed by atoms with Crippen molar-refractivity contribution in [1.82, 2.24) is 5.32 Å². The summed E-state index contributed by atoms with van der Waals surface area (Å²) >= 11 is 0. The maximum absolute atomic E-state index is 5.63. The molecule has 2 nitrogen and oxygen atoms in total. The van der Waals surface area contributed by atoms with E-state index in [0.29, 0.717) is 17.9 Å². The summed E-state index contributed by atoms with van der Waals surface area (Å²) in [6.45, 7) is 6.35. The zero-order valence-electron chi connectivity index (χ0n) is 12.5. The first kappa shape index (κ1) is 14.5. The Morgan fingerprint density at radius 1 is 1.26 bits per heavy atom. The van der Waals surface area contributed by atoms with Crippen LogP contribution in [0.4, 0.5) is 0 Å². The highest BCUT2D eigenvalue weighted by Crippen LogP contribution is 2.29. The van der Waals surface area contributed by atoms with Gasteiger partial charge in [-0.3, -0.25) is 0 Å². The number of rotatable bonds is 5. The van der Waals surface area contributed by atoms with E-state index < -0.39 is 0 Å². The Balaban J connectivity index is 2.09. The van der Waals surface area contributed by atoms with Crippen LogP contribution in [-0.4, -0.2) is 20.3 Å². The molecule has 0 bridgehead atoms. The summed E-state index contributed by atoms with van der Waals surface area (Å²) in [5.41, 5.74) is 2.84. The van der Waals surface area contributed by atoms with E-state index in [1.807, 2.05) is 0 Å². The summed E-state index contributed by atoms with van der Waals surface area (Å²) in [7, 11) is 2.06. The molecule has 19 heavy (non-hydrogen) atoms. The third kappa shape index (κ3) is 3.58. The Labute approximate surface area is 117 Å². The van der Waals surface area contributed by atoms with E-state index in [4.69, 9.17) is 4.74 Å². The number of nitrogens with one attached hydrogen (secondary N) is 1. The van der Waals surface area contributed by atoms with Crippen molar-refractivity contribution in [1.29, 1.82) is 0 Å². The molecule has 1 N–H and O–H groups in total. The molecule has 1 saturated heterocycles. The molecular weight excluding hydrogens is 234 g/mol. The molecule has 0 saturated carbocycles. The van der Waals surface area contributed by atoms with Gasteiger partial charge >= 0.3 is 0 Å². The van der Waals surface area contributed by atoms with Crippen molar-refractivity contribution in [3.8, 4) is 0 Å². The van der Waals surface area contributed by atoms with Crippen molar-refractivity contribution in [2.24, 2.45) is 5.92 Å². The highest BCUT2D eigenvalue weighted by atomic mass is 16.5. The molecular formula is C17H27NO. The van der Waals surface area contributed by atoms with Gasteiger partial charge in [-0.05, 0) is 43.4 Å². The van der Waals surface area contributed by atoms with E-state index in [0.717, 1.165) is 13.2 Å². The van der Waals surface area contributed by atoms with Gasteiger partial charge < -0.3 is 10.1 Å². The molecule has 1 aromatic rings. The molecule has 2 heteroatoms. The minimum atomic E-state index is 0.422. The van der Waals surface area contributed by atoms with E-state index in [2.05, 4.69) is 50.5 Å². The lowest BCUT2D eigenvalue weighted by Gasteiger charge is -2.30. The van der Waals surface area contributed by atoms with Crippen LogP contribution in [0, 0.1) is 5.92 Å². The van der Waals surface area contributed by atoms with E-state index in [-0.39, 0.29) is 0 Å². The number of benzene rings is 1.